The van der Waals surface area contributed by atoms with E-state index >= 15 is 0 Å². The maximum Gasteiger partial charge on any atom is 0.411 e. The molecular weight excluding hydrogens is 304 g/mol. The second-order valence-electron chi connectivity index (χ2n) is 4.71. The van der Waals surface area contributed by atoms with Crippen molar-refractivity contribution in [1.82, 2.24) is 0 Å². The van der Waals surface area contributed by atoms with Crippen LogP contribution in [-0.2, 0) is 21.4 Å². The van der Waals surface area contributed by atoms with Gasteiger partial charge in [0.15, 0.2) is 0 Å². The molecule has 22 heavy (non-hydrogen) atoms. The van der Waals surface area contributed by atoms with Gasteiger partial charge in [-0.2, -0.15) is 0 Å². The highest BCUT2D eigenvalue weighted by molar-refractivity contribution is 7.89. The third kappa shape index (κ3) is 4.31. The molecule has 0 radical (unpaired) electrons. The largest absolute Gasteiger partial charge is 0.444 e. The molecule has 0 saturated heterocycles. The molecule has 0 aliphatic heterocycles. The summed E-state index contributed by atoms with van der Waals surface area (Å²) in [6, 6.07) is 13.5. The molecule has 116 valence electrons. The molecule has 0 aromatic heterocycles. The smallest absolute Gasteiger partial charge is 0.411 e. The Balaban J connectivity index is 2.05. The number of carbonyl (C=O) groups excluding carboxylic acids is 1. The summed E-state index contributed by atoms with van der Waals surface area (Å²) in [5.41, 5.74) is 1.89. The number of sulfonamides is 1. The molecule has 0 saturated carbocycles. The van der Waals surface area contributed by atoms with Gasteiger partial charge in [-0.25, -0.2) is 18.4 Å². The van der Waals surface area contributed by atoms with E-state index < -0.39 is 16.1 Å². The molecule has 3 N–H and O–H groups in total. The molecule has 0 unspecified atom stereocenters. The van der Waals surface area contributed by atoms with Crippen LogP contribution in [0.15, 0.2) is 53.4 Å². The van der Waals surface area contributed by atoms with E-state index in [1.807, 2.05) is 30.3 Å². The second kappa shape index (κ2) is 6.59. The van der Waals surface area contributed by atoms with Crippen LogP contribution in [0, 0.1) is 6.92 Å². The lowest BCUT2D eigenvalue weighted by atomic mass is 10.2. The van der Waals surface area contributed by atoms with E-state index in [-0.39, 0.29) is 11.5 Å². The number of aryl methyl sites for hydroxylation is 1. The van der Waals surface area contributed by atoms with Crippen molar-refractivity contribution < 1.29 is 17.9 Å². The van der Waals surface area contributed by atoms with Crippen LogP contribution in [-0.4, -0.2) is 14.5 Å². The Bertz CT molecular complexity index is 773. The third-order valence-electron chi connectivity index (χ3n) is 2.99. The van der Waals surface area contributed by atoms with Crippen LogP contribution >= 0.6 is 0 Å². The van der Waals surface area contributed by atoms with Gasteiger partial charge in [-0.1, -0.05) is 36.4 Å². The van der Waals surface area contributed by atoms with Gasteiger partial charge in [0.25, 0.3) is 0 Å². The number of ether oxygens (including phenoxy) is 1. The fraction of sp³-hybridized carbons (Fsp3) is 0.133. The van der Waals surface area contributed by atoms with Gasteiger partial charge in [0.05, 0.1) is 4.90 Å². The number of benzene rings is 2. The minimum atomic E-state index is -3.83. The Morgan fingerprint density at radius 2 is 1.86 bits per heavy atom. The molecule has 0 spiro atoms. The number of nitrogens with one attached hydrogen (secondary N) is 1. The second-order valence-corrected chi connectivity index (χ2v) is 6.27. The lowest BCUT2D eigenvalue weighted by Gasteiger charge is -2.10. The van der Waals surface area contributed by atoms with Crippen molar-refractivity contribution in [2.24, 2.45) is 5.14 Å². The molecule has 2 rings (SSSR count). The van der Waals surface area contributed by atoms with E-state index in [1.165, 1.54) is 12.1 Å². The van der Waals surface area contributed by atoms with Crippen LogP contribution in [0.2, 0.25) is 0 Å². The van der Waals surface area contributed by atoms with Gasteiger partial charge in [-0.3, -0.25) is 5.32 Å². The number of rotatable bonds is 4. The van der Waals surface area contributed by atoms with Gasteiger partial charge >= 0.3 is 6.09 Å². The molecular formula is C15H16N2O4S. The number of amides is 1. The maximum absolute atomic E-state index is 11.8. The van der Waals surface area contributed by atoms with Crippen molar-refractivity contribution in [3.8, 4) is 0 Å². The highest BCUT2D eigenvalue weighted by Gasteiger charge is 2.12. The first-order chi connectivity index (χ1) is 10.4. The average molecular weight is 320 g/mol. The van der Waals surface area contributed by atoms with Gasteiger partial charge in [0, 0.05) is 5.69 Å². The summed E-state index contributed by atoms with van der Waals surface area (Å²) in [5.74, 6) is 0. The average Bonchev–Trinajstić information content (AvgIpc) is 2.47. The molecule has 0 aliphatic rings. The molecule has 0 aliphatic carbocycles. The number of hydrogen-bond donors (Lipinski definition) is 2. The summed E-state index contributed by atoms with van der Waals surface area (Å²) >= 11 is 0. The molecule has 0 bridgehead atoms. The molecule has 1 amide bonds. The first kappa shape index (κ1) is 16.0. The Morgan fingerprint density at radius 1 is 1.18 bits per heavy atom. The zero-order valence-corrected chi connectivity index (χ0v) is 12.8. The first-order valence-electron chi connectivity index (χ1n) is 6.47. The topological polar surface area (TPSA) is 98.5 Å². The van der Waals surface area contributed by atoms with Gasteiger partial charge in [-0.05, 0) is 30.2 Å². The summed E-state index contributed by atoms with van der Waals surface area (Å²) in [4.78, 5) is 11.7. The Hall–Kier alpha value is -2.38. The molecule has 0 atom stereocenters. The van der Waals surface area contributed by atoms with E-state index in [0.717, 1.165) is 5.56 Å². The molecule has 0 heterocycles. The van der Waals surface area contributed by atoms with E-state index in [0.29, 0.717) is 11.3 Å². The monoisotopic (exact) mass is 320 g/mol. The highest BCUT2D eigenvalue weighted by atomic mass is 32.2. The fourth-order valence-electron chi connectivity index (χ4n) is 1.78. The van der Waals surface area contributed by atoms with Crippen LogP contribution < -0.4 is 10.5 Å². The number of anilines is 1. The summed E-state index contributed by atoms with van der Waals surface area (Å²) in [7, 11) is -3.83. The van der Waals surface area contributed by atoms with Crippen LogP contribution in [0.25, 0.3) is 0 Å². The predicted octanol–water partition coefficient (Wildman–Crippen LogP) is 2.39. The van der Waals surface area contributed by atoms with Crippen molar-refractivity contribution in [1.29, 1.82) is 0 Å². The van der Waals surface area contributed by atoms with Crippen LogP contribution in [0.3, 0.4) is 0 Å². The first-order valence-corrected chi connectivity index (χ1v) is 8.02. The SMILES string of the molecule is Cc1ccc(S(N)(=O)=O)cc1NC(=O)OCc1ccccc1. The quantitative estimate of drug-likeness (QED) is 0.903. The fourth-order valence-corrected chi connectivity index (χ4v) is 2.32. The third-order valence-corrected chi connectivity index (χ3v) is 3.90. The maximum atomic E-state index is 11.8. The highest BCUT2D eigenvalue weighted by Crippen LogP contribution is 2.19. The van der Waals surface area contributed by atoms with Crippen molar-refractivity contribution >= 4 is 21.8 Å². The van der Waals surface area contributed by atoms with Crippen molar-refractivity contribution in [3.05, 3.63) is 59.7 Å². The van der Waals surface area contributed by atoms with E-state index in [2.05, 4.69) is 5.32 Å². The Morgan fingerprint density at radius 3 is 2.50 bits per heavy atom. The number of carbonyl (C=O) groups is 1. The van der Waals surface area contributed by atoms with E-state index in [9.17, 15) is 13.2 Å². The lowest BCUT2D eigenvalue weighted by Crippen LogP contribution is -2.16. The summed E-state index contributed by atoms with van der Waals surface area (Å²) in [5, 5.41) is 7.58. The zero-order valence-electron chi connectivity index (χ0n) is 11.9. The minimum absolute atomic E-state index is 0.0727. The Labute approximate surface area is 129 Å². The Kier molecular flexibility index (Phi) is 4.79. The van der Waals surface area contributed by atoms with Crippen LogP contribution in [0.1, 0.15) is 11.1 Å². The molecule has 2 aromatic rings. The molecule has 2 aromatic carbocycles. The van der Waals surface area contributed by atoms with Gasteiger partial charge in [-0.15, -0.1) is 0 Å². The predicted molar refractivity (Wildman–Crippen MR) is 82.8 cm³/mol. The number of hydrogen-bond acceptors (Lipinski definition) is 4. The molecule has 0 fully saturated rings. The molecule has 7 heteroatoms. The normalized spacial score (nSPS) is 11.0. The summed E-state index contributed by atoms with van der Waals surface area (Å²) in [6.07, 6.45) is -0.668. The number of nitrogens with two attached hydrogens (primary N) is 1. The van der Waals surface area contributed by atoms with E-state index in [1.54, 1.807) is 13.0 Å². The van der Waals surface area contributed by atoms with Crippen molar-refractivity contribution in [2.75, 3.05) is 5.32 Å². The number of primary sulfonamides is 1. The summed E-state index contributed by atoms with van der Waals surface area (Å²) in [6.45, 7) is 1.86. The van der Waals surface area contributed by atoms with Gasteiger partial charge < -0.3 is 4.74 Å². The van der Waals surface area contributed by atoms with Crippen LogP contribution in [0.4, 0.5) is 10.5 Å². The summed E-state index contributed by atoms with van der Waals surface area (Å²) < 4.78 is 27.7. The molecule has 6 nitrogen and oxygen atoms in total. The van der Waals surface area contributed by atoms with Gasteiger partial charge in [0.2, 0.25) is 10.0 Å². The van der Waals surface area contributed by atoms with Crippen molar-refractivity contribution in [2.45, 2.75) is 18.4 Å². The standard InChI is InChI=1S/C15H16N2O4S/c1-11-7-8-13(22(16,19)20)9-14(11)17-15(18)21-10-12-5-3-2-4-6-12/h2-9H,10H2,1H3,(H,17,18)(H2,16,19,20). The van der Waals surface area contributed by atoms with Crippen molar-refractivity contribution in [3.63, 3.8) is 0 Å². The zero-order chi connectivity index (χ0) is 16.2. The van der Waals surface area contributed by atoms with Crippen LogP contribution in [0.5, 0.6) is 0 Å². The minimum Gasteiger partial charge on any atom is -0.444 e. The van der Waals surface area contributed by atoms with Gasteiger partial charge in [0.1, 0.15) is 6.61 Å². The lowest BCUT2D eigenvalue weighted by molar-refractivity contribution is 0.155. The van der Waals surface area contributed by atoms with E-state index in [4.69, 9.17) is 9.88 Å².